The van der Waals surface area contributed by atoms with Crippen molar-refractivity contribution >= 4 is 27.5 Å². The third kappa shape index (κ3) is 7.67. The molecule has 0 heterocycles. The van der Waals surface area contributed by atoms with Gasteiger partial charge in [0.2, 0.25) is 11.8 Å². The van der Waals surface area contributed by atoms with Gasteiger partial charge in [-0.15, -0.1) is 0 Å². The van der Waals surface area contributed by atoms with Gasteiger partial charge >= 0.3 is 0 Å². The summed E-state index contributed by atoms with van der Waals surface area (Å²) in [5.41, 5.74) is 2.24. The van der Waals surface area contributed by atoms with E-state index in [1.807, 2.05) is 38.1 Å². The highest BCUT2D eigenvalue weighted by Crippen LogP contribution is 2.32. The Bertz CT molecular complexity index is 1490. The van der Waals surface area contributed by atoms with Gasteiger partial charge < -0.3 is 19.7 Å². The van der Waals surface area contributed by atoms with Crippen LogP contribution in [0.4, 0.5) is 5.69 Å². The molecular formula is C33H41N3O6S. The van der Waals surface area contributed by atoms with Gasteiger partial charge in [-0.1, -0.05) is 67.8 Å². The summed E-state index contributed by atoms with van der Waals surface area (Å²) in [6, 6.07) is 19.9. The number of benzene rings is 3. The number of aryl methyl sites for hydroxylation is 1. The SMILES string of the molecule is CCC(C(=O)NC1CCCC1)N(Cc1ccc(C)cc1)C(=O)CN(c1ccccc1)S(=O)(=O)c1ccc(OC)c(OC)c1. The summed E-state index contributed by atoms with van der Waals surface area (Å²) in [6.45, 7) is 3.51. The highest BCUT2D eigenvalue weighted by Gasteiger charge is 2.35. The average Bonchev–Trinajstić information content (AvgIpc) is 3.53. The number of anilines is 1. The molecule has 0 aliphatic heterocycles. The van der Waals surface area contributed by atoms with E-state index in [0.29, 0.717) is 17.9 Å². The summed E-state index contributed by atoms with van der Waals surface area (Å²) in [6.07, 6.45) is 4.34. The number of nitrogens with one attached hydrogen (secondary N) is 1. The van der Waals surface area contributed by atoms with E-state index in [4.69, 9.17) is 9.47 Å². The molecule has 1 N–H and O–H groups in total. The second kappa shape index (κ2) is 14.4. The van der Waals surface area contributed by atoms with E-state index in [1.165, 1.54) is 37.3 Å². The summed E-state index contributed by atoms with van der Waals surface area (Å²) in [5, 5.41) is 3.13. The number of amides is 2. The molecule has 3 aromatic carbocycles. The minimum atomic E-state index is -4.24. The number of nitrogens with zero attached hydrogens (tertiary/aromatic N) is 2. The van der Waals surface area contributed by atoms with Gasteiger partial charge in [-0.05, 0) is 56.0 Å². The van der Waals surface area contributed by atoms with Gasteiger partial charge in [0.1, 0.15) is 12.6 Å². The fraction of sp³-hybridized carbons (Fsp3) is 0.394. The Balaban J connectivity index is 1.71. The number of sulfonamides is 1. The van der Waals surface area contributed by atoms with Gasteiger partial charge in [0.05, 0.1) is 24.8 Å². The van der Waals surface area contributed by atoms with Crippen LogP contribution in [0.1, 0.15) is 50.2 Å². The number of rotatable bonds is 13. The Morgan fingerprint density at radius 2 is 1.58 bits per heavy atom. The zero-order chi connectivity index (χ0) is 31.0. The number of carbonyl (C=O) groups excluding carboxylic acids is 2. The zero-order valence-corrected chi connectivity index (χ0v) is 26.1. The van der Waals surface area contributed by atoms with Crippen LogP contribution in [-0.2, 0) is 26.2 Å². The number of carbonyl (C=O) groups is 2. The molecule has 1 unspecified atom stereocenters. The van der Waals surface area contributed by atoms with Crippen molar-refractivity contribution in [2.45, 2.75) is 69.5 Å². The van der Waals surface area contributed by atoms with Gasteiger partial charge in [-0.2, -0.15) is 0 Å². The van der Waals surface area contributed by atoms with Crippen molar-refractivity contribution in [2.75, 3.05) is 25.1 Å². The Morgan fingerprint density at radius 1 is 0.930 bits per heavy atom. The fourth-order valence-electron chi connectivity index (χ4n) is 5.40. The molecule has 9 nitrogen and oxygen atoms in total. The van der Waals surface area contributed by atoms with Crippen LogP contribution in [0, 0.1) is 6.92 Å². The van der Waals surface area contributed by atoms with Crippen LogP contribution in [0.2, 0.25) is 0 Å². The molecule has 1 saturated carbocycles. The van der Waals surface area contributed by atoms with Crippen molar-refractivity contribution in [1.82, 2.24) is 10.2 Å². The number of methoxy groups -OCH3 is 2. The minimum Gasteiger partial charge on any atom is -0.493 e. The summed E-state index contributed by atoms with van der Waals surface area (Å²) in [7, 11) is -1.34. The lowest BCUT2D eigenvalue weighted by Crippen LogP contribution is -2.53. The lowest BCUT2D eigenvalue weighted by molar-refractivity contribution is -0.140. The Morgan fingerprint density at radius 3 is 2.19 bits per heavy atom. The first-order valence-corrected chi connectivity index (χ1v) is 16.1. The molecule has 4 rings (SSSR count). The molecule has 0 aromatic heterocycles. The van der Waals surface area contributed by atoms with Crippen molar-refractivity contribution in [3.8, 4) is 11.5 Å². The molecule has 1 atom stereocenters. The first-order chi connectivity index (χ1) is 20.7. The Labute approximate surface area is 254 Å². The summed E-state index contributed by atoms with van der Waals surface area (Å²) < 4.78 is 40.0. The lowest BCUT2D eigenvalue weighted by atomic mass is 10.1. The fourth-order valence-corrected chi connectivity index (χ4v) is 6.83. The molecule has 0 radical (unpaired) electrons. The van der Waals surface area contributed by atoms with Crippen molar-refractivity contribution < 1.29 is 27.5 Å². The third-order valence-electron chi connectivity index (χ3n) is 7.83. The number of para-hydroxylation sites is 1. The molecule has 1 aliphatic rings. The van der Waals surface area contributed by atoms with Gasteiger partial charge in [0.15, 0.2) is 11.5 Å². The van der Waals surface area contributed by atoms with Crippen LogP contribution in [-0.4, -0.2) is 58.0 Å². The Kier molecular flexibility index (Phi) is 10.7. The maximum Gasteiger partial charge on any atom is 0.264 e. The van der Waals surface area contributed by atoms with E-state index in [-0.39, 0.29) is 29.1 Å². The molecule has 0 bridgehead atoms. The van der Waals surface area contributed by atoms with Crippen molar-refractivity contribution in [2.24, 2.45) is 0 Å². The summed E-state index contributed by atoms with van der Waals surface area (Å²) in [4.78, 5) is 29.3. The van der Waals surface area contributed by atoms with Gasteiger partial charge in [-0.3, -0.25) is 13.9 Å². The minimum absolute atomic E-state index is 0.0575. The number of hydrogen-bond acceptors (Lipinski definition) is 6. The Hall–Kier alpha value is -4.05. The van der Waals surface area contributed by atoms with Gasteiger partial charge in [-0.25, -0.2) is 8.42 Å². The predicted molar refractivity (Wildman–Crippen MR) is 167 cm³/mol. The molecule has 0 saturated heterocycles. The van der Waals surface area contributed by atoms with E-state index in [1.54, 1.807) is 30.3 Å². The highest BCUT2D eigenvalue weighted by atomic mass is 32.2. The van der Waals surface area contributed by atoms with Crippen LogP contribution in [0.25, 0.3) is 0 Å². The quantitative estimate of drug-likeness (QED) is 0.291. The van der Waals surface area contributed by atoms with Gasteiger partial charge in [0.25, 0.3) is 10.0 Å². The molecule has 10 heteroatoms. The van der Waals surface area contributed by atoms with Crippen LogP contribution < -0.4 is 19.1 Å². The average molecular weight is 608 g/mol. The lowest BCUT2D eigenvalue weighted by Gasteiger charge is -2.33. The standard InChI is InChI=1S/C33H41N3O6S/c1-5-29(33(38)34-26-11-9-10-12-26)35(22-25-17-15-24(2)16-18-25)32(37)23-36(27-13-7-6-8-14-27)43(39,40)28-19-20-30(41-3)31(21-28)42-4/h6-8,13-21,26,29H,5,9-12,22-23H2,1-4H3,(H,34,38). The second-order valence-electron chi connectivity index (χ2n) is 10.8. The van der Waals surface area contributed by atoms with E-state index >= 15 is 0 Å². The molecule has 0 spiro atoms. The van der Waals surface area contributed by atoms with Gasteiger partial charge in [0, 0.05) is 18.7 Å². The summed E-state index contributed by atoms with van der Waals surface area (Å²) in [5.74, 6) is -0.0727. The van der Waals surface area contributed by atoms with E-state index < -0.39 is 28.5 Å². The molecular weight excluding hydrogens is 566 g/mol. The third-order valence-corrected chi connectivity index (χ3v) is 9.60. The molecule has 2 amide bonds. The van der Waals surface area contributed by atoms with Crippen LogP contribution >= 0.6 is 0 Å². The topological polar surface area (TPSA) is 105 Å². The summed E-state index contributed by atoms with van der Waals surface area (Å²) >= 11 is 0. The molecule has 1 aliphatic carbocycles. The van der Waals surface area contributed by atoms with Crippen LogP contribution in [0.3, 0.4) is 0 Å². The highest BCUT2D eigenvalue weighted by molar-refractivity contribution is 7.92. The van der Waals surface area contributed by atoms with Crippen molar-refractivity contribution in [3.63, 3.8) is 0 Å². The van der Waals surface area contributed by atoms with Crippen LogP contribution in [0.15, 0.2) is 77.7 Å². The van der Waals surface area contributed by atoms with E-state index in [9.17, 15) is 18.0 Å². The molecule has 43 heavy (non-hydrogen) atoms. The van der Waals surface area contributed by atoms with E-state index in [0.717, 1.165) is 41.1 Å². The maximum absolute atomic E-state index is 14.2. The largest absolute Gasteiger partial charge is 0.493 e. The number of hydrogen-bond donors (Lipinski definition) is 1. The first kappa shape index (κ1) is 31.9. The normalized spacial score (nSPS) is 14.1. The maximum atomic E-state index is 14.2. The van der Waals surface area contributed by atoms with Crippen molar-refractivity contribution in [1.29, 1.82) is 0 Å². The molecule has 3 aromatic rings. The van der Waals surface area contributed by atoms with Crippen molar-refractivity contribution in [3.05, 3.63) is 83.9 Å². The van der Waals surface area contributed by atoms with E-state index in [2.05, 4.69) is 5.32 Å². The molecule has 230 valence electrons. The predicted octanol–water partition coefficient (Wildman–Crippen LogP) is 5.07. The zero-order valence-electron chi connectivity index (χ0n) is 25.3. The smallest absolute Gasteiger partial charge is 0.264 e. The second-order valence-corrected chi connectivity index (χ2v) is 12.6. The number of ether oxygens (including phenoxy) is 2. The monoisotopic (exact) mass is 607 g/mol. The first-order valence-electron chi connectivity index (χ1n) is 14.6. The molecule has 1 fully saturated rings. The van der Waals surface area contributed by atoms with Crippen LogP contribution in [0.5, 0.6) is 11.5 Å².